The molecule has 1 saturated carbocycles. The number of carbonyl (C=O) groups is 1. The molecule has 1 unspecified atom stereocenters. The number of aliphatic hydroxyl groups excluding tert-OH is 1. The Morgan fingerprint density at radius 1 is 1.36 bits per heavy atom. The van der Waals surface area contributed by atoms with Crippen molar-refractivity contribution in [3.05, 3.63) is 29.6 Å². The van der Waals surface area contributed by atoms with Gasteiger partial charge in [-0.2, -0.15) is 0 Å². The summed E-state index contributed by atoms with van der Waals surface area (Å²) in [7, 11) is 1.80. The normalized spacial score (nSPS) is 27.1. The molecule has 2 aliphatic rings. The molecule has 22 heavy (non-hydrogen) atoms. The van der Waals surface area contributed by atoms with Gasteiger partial charge in [-0.1, -0.05) is 12.1 Å². The second kappa shape index (κ2) is 6.24. The van der Waals surface area contributed by atoms with E-state index >= 15 is 0 Å². The lowest BCUT2D eigenvalue weighted by molar-refractivity contribution is -0.139. The van der Waals surface area contributed by atoms with Crippen LogP contribution < -0.4 is 4.74 Å². The number of rotatable bonds is 3. The first-order chi connectivity index (χ1) is 10.6. The van der Waals surface area contributed by atoms with Crippen LogP contribution in [0.3, 0.4) is 0 Å². The van der Waals surface area contributed by atoms with Crippen molar-refractivity contribution in [2.75, 3.05) is 13.7 Å². The van der Waals surface area contributed by atoms with E-state index in [1.807, 2.05) is 0 Å². The SMILES string of the molecule is CN(C(=O)C1Cc2cccc(F)c2O1)C1CCC(CO)CC1. The van der Waals surface area contributed by atoms with Gasteiger partial charge in [-0.3, -0.25) is 4.79 Å². The molecule has 1 aliphatic carbocycles. The molecule has 120 valence electrons. The van der Waals surface area contributed by atoms with Gasteiger partial charge in [-0.25, -0.2) is 4.39 Å². The summed E-state index contributed by atoms with van der Waals surface area (Å²) >= 11 is 0. The Bertz CT molecular complexity index is 555. The highest BCUT2D eigenvalue weighted by atomic mass is 19.1. The van der Waals surface area contributed by atoms with Crippen LogP contribution in [0.25, 0.3) is 0 Å². The van der Waals surface area contributed by atoms with Crippen LogP contribution in [-0.2, 0) is 11.2 Å². The fourth-order valence-electron chi connectivity index (χ4n) is 3.49. The van der Waals surface area contributed by atoms with E-state index < -0.39 is 11.9 Å². The molecule has 0 aromatic heterocycles. The average Bonchev–Trinajstić information content (AvgIpc) is 2.99. The minimum atomic E-state index is -0.618. The fourth-order valence-corrected chi connectivity index (χ4v) is 3.49. The molecule has 3 rings (SSSR count). The zero-order valence-electron chi connectivity index (χ0n) is 12.8. The number of fused-ring (bicyclic) bond motifs is 1. The monoisotopic (exact) mass is 307 g/mol. The molecule has 1 aromatic rings. The summed E-state index contributed by atoms with van der Waals surface area (Å²) in [5.74, 6) is 0.0982. The Morgan fingerprint density at radius 2 is 2.09 bits per heavy atom. The predicted octanol–water partition coefficient (Wildman–Crippen LogP) is 2.14. The van der Waals surface area contributed by atoms with Crippen molar-refractivity contribution in [2.45, 2.75) is 44.2 Å². The van der Waals surface area contributed by atoms with Crippen LogP contribution in [0.4, 0.5) is 4.39 Å². The van der Waals surface area contributed by atoms with E-state index in [-0.39, 0.29) is 24.3 Å². The van der Waals surface area contributed by atoms with Crippen molar-refractivity contribution in [1.29, 1.82) is 0 Å². The first-order valence-corrected chi connectivity index (χ1v) is 7.91. The lowest BCUT2D eigenvalue weighted by Crippen LogP contribution is -2.46. The Hall–Kier alpha value is -1.62. The third-order valence-corrected chi connectivity index (χ3v) is 4.96. The largest absolute Gasteiger partial charge is 0.477 e. The van der Waals surface area contributed by atoms with Crippen LogP contribution in [0.5, 0.6) is 5.75 Å². The summed E-state index contributed by atoms with van der Waals surface area (Å²) < 4.78 is 19.2. The lowest BCUT2D eigenvalue weighted by atomic mass is 9.86. The number of hydrogen-bond acceptors (Lipinski definition) is 3. The average molecular weight is 307 g/mol. The molecule has 1 heterocycles. The van der Waals surface area contributed by atoms with Gasteiger partial charge in [-0.15, -0.1) is 0 Å². The maximum atomic E-state index is 13.7. The number of amides is 1. The summed E-state index contributed by atoms with van der Waals surface area (Å²) in [4.78, 5) is 14.4. The van der Waals surface area contributed by atoms with Crippen molar-refractivity contribution < 1.29 is 19.0 Å². The van der Waals surface area contributed by atoms with E-state index in [2.05, 4.69) is 0 Å². The van der Waals surface area contributed by atoms with Crippen LogP contribution in [0.15, 0.2) is 18.2 Å². The predicted molar refractivity (Wildman–Crippen MR) is 80.1 cm³/mol. The second-order valence-corrected chi connectivity index (χ2v) is 6.34. The summed E-state index contributed by atoms with van der Waals surface area (Å²) in [6, 6.07) is 4.99. The Kier molecular flexibility index (Phi) is 4.34. The Morgan fingerprint density at radius 3 is 2.73 bits per heavy atom. The van der Waals surface area contributed by atoms with Gasteiger partial charge in [0.2, 0.25) is 0 Å². The highest BCUT2D eigenvalue weighted by Crippen LogP contribution is 2.33. The second-order valence-electron chi connectivity index (χ2n) is 6.34. The Labute approximate surface area is 129 Å². The van der Waals surface area contributed by atoms with Crippen molar-refractivity contribution in [3.8, 4) is 5.75 Å². The first-order valence-electron chi connectivity index (χ1n) is 7.91. The van der Waals surface area contributed by atoms with E-state index in [1.165, 1.54) is 6.07 Å². The third kappa shape index (κ3) is 2.82. The van der Waals surface area contributed by atoms with Crippen molar-refractivity contribution in [2.24, 2.45) is 5.92 Å². The molecule has 1 amide bonds. The van der Waals surface area contributed by atoms with Crippen LogP contribution in [0.2, 0.25) is 0 Å². The molecule has 1 atom stereocenters. The zero-order valence-corrected chi connectivity index (χ0v) is 12.8. The summed E-state index contributed by atoms with van der Waals surface area (Å²) in [6.07, 6.45) is 3.51. The molecule has 1 aliphatic heterocycles. The van der Waals surface area contributed by atoms with E-state index in [0.29, 0.717) is 12.3 Å². The summed E-state index contributed by atoms with van der Waals surface area (Å²) in [5.41, 5.74) is 0.760. The van der Waals surface area contributed by atoms with Gasteiger partial charge in [0, 0.05) is 31.7 Å². The maximum absolute atomic E-state index is 13.7. The molecule has 5 heteroatoms. The zero-order chi connectivity index (χ0) is 15.7. The minimum absolute atomic E-state index is 0.0805. The van der Waals surface area contributed by atoms with Gasteiger partial charge in [0.1, 0.15) is 0 Å². The number of ether oxygens (including phenoxy) is 1. The fraction of sp³-hybridized carbons (Fsp3) is 0.588. The molecule has 1 aromatic carbocycles. The molecule has 0 radical (unpaired) electrons. The van der Waals surface area contributed by atoms with Gasteiger partial charge in [0.05, 0.1) is 0 Å². The summed E-state index contributed by atoms with van der Waals surface area (Å²) in [6.45, 7) is 0.227. The quantitative estimate of drug-likeness (QED) is 0.931. The third-order valence-electron chi connectivity index (χ3n) is 4.96. The highest BCUT2D eigenvalue weighted by Gasteiger charge is 2.35. The molecular formula is C17H22FNO3. The van der Waals surface area contributed by atoms with Crippen molar-refractivity contribution >= 4 is 5.91 Å². The first kappa shape index (κ1) is 15.3. The topological polar surface area (TPSA) is 49.8 Å². The van der Waals surface area contributed by atoms with E-state index in [1.54, 1.807) is 24.1 Å². The van der Waals surface area contributed by atoms with E-state index in [0.717, 1.165) is 31.2 Å². The van der Waals surface area contributed by atoms with Crippen molar-refractivity contribution in [1.82, 2.24) is 4.90 Å². The standard InChI is InChI=1S/C17H22FNO3/c1-19(13-7-5-11(10-20)6-8-13)17(21)15-9-12-3-2-4-14(18)16(12)22-15/h2-4,11,13,15,20H,5-10H2,1H3. The minimum Gasteiger partial charge on any atom is -0.477 e. The molecule has 0 spiro atoms. The van der Waals surface area contributed by atoms with Crippen LogP contribution in [0, 0.1) is 11.7 Å². The smallest absolute Gasteiger partial charge is 0.263 e. The molecule has 1 N–H and O–H groups in total. The number of carbonyl (C=O) groups excluding carboxylic acids is 1. The summed E-state index contributed by atoms with van der Waals surface area (Å²) in [5, 5.41) is 9.19. The number of aliphatic hydroxyl groups is 1. The van der Waals surface area contributed by atoms with E-state index in [9.17, 15) is 14.3 Å². The number of halogens is 1. The van der Waals surface area contributed by atoms with E-state index in [4.69, 9.17) is 4.74 Å². The highest BCUT2D eigenvalue weighted by molar-refractivity contribution is 5.82. The molecule has 0 saturated heterocycles. The van der Waals surface area contributed by atoms with Crippen LogP contribution >= 0.6 is 0 Å². The maximum Gasteiger partial charge on any atom is 0.263 e. The molecular weight excluding hydrogens is 285 g/mol. The number of benzene rings is 1. The number of hydrogen-bond donors (Lipinski definition) is 1. The van der Waals surface area contributed by atoms with Crippen LogP contribution in [-0.4, -0.2) is 41.7 Å². The van der Waals surface area contributed by atoms with Gasteiger partial charge in [-0.05, 0) is 37.7 Å². The number of likely N-dealkylation sites (N-methyl/N-ethyl adjacent to an activating group) is 1. The Balaban J connectivity index is 1.62. The van der Waals surface area contributed by atoms with Gasteiger partial charge >= 0.3 is 0 Å². The van der Waals surface area contributed by atoms with Crippen molar-refractivity contribution in [3.63, 3.8) is 0 Å². The molecule has 0 bridgehead atoms. The van der Waals surface area contributed by atoms with Crippen LogP contribution in [0.1, 0.15) is 31.2 Å². The molecule has 4 nitrogen and oxygen atoms in total. The number of nitrogens with zero attached hydrogens (tertiary/aromatic N) is 1. The lowest BCUT2D eigenvalue weighted by Gasteiger charge is -2.35. The number of para-hydroxylation sites is 1. The van der Waals surface area contributed by atoms with Gasteiger partial charge in [0.15, 0.2) is 17.7 Å². The van der Waals surface area contributed by atoms with Gasteiger partial charge in [0.25, 0.3) is 5.91 Å². The molecule has 1 fully saturated rings. The van der Waals surface area contributed by atoms with Gasteiger partial charge < -0.3 is 14.7 Å².